The average Bonchev–Trinajstić information content (AvgIpc) is 2.90. The predicted octanol–water partition coefficient (Wildman–Crippen LogP) is 1.61. The fourth-order valence-electron chi connectivity index (χ4n) is 1.94. The summed E-state index contributed by atoms with van der Waals surface area (Å²) in [5, 5.41) is 13.5. The Kier molecular flexibility index (Phi) is 4.81. The summed E-state index contributed by atoms with van der Waals surface area (Å²) in [4.78, 5) is 16.2. The van der Waals surface area contributed by atoms with Crippen LogP contribution in [0.25, 0.3) is 0 Å². The van der Waals surface area contributed by atoms with Crippen molar-refractivity contribution in [3.8, 4) is 0 Å². The highest BCUT2D eigenvalue weighted by molar-refractivity contribution is 7.98. The molecule has 2 N–H and O–H groups in total. The van der Waals surface area contributed by atoms with Gasteiger partial charge in [-0.05, 0) is 30.5 Å². The summed E-state index contributed by atoms with van der Waals surface area (Å²) in [7, 11) is 1.85. The molecule has 2 rings (SSSR count). The maximum Gasteiger partial charge on any atom is 0.254 e. The second kappa shape index (κ2) is 6.58. The number of nitrogens with one attached hydrogen (secondary N) is 1. The smallest absolute Gasteiger partial charge is 0.254 e. The number of thioether (sulfide) groups is 1. The van der Waals surface area contributed by atoms with Crippen LogP contribution in [-0.2, 0) is 7.05 Å². The average molecular weight is 291 g/mol. The van der Waals surface area contributed by atoms with Gasteiger partial charge in [-0.1, -0.05) is 0 Å². The Morgan fingerprint density at radius 1 is 1.50 bits per heavy atom. The van der Waals surface area contributed by atoms with Gasteiger partial charge in [-0.25, -0.2) is 4.98 Å². The quantitative estimate of drug-likeness (QED) is 0.821. The Balaban J connectivity index is 2.00. The molecule has 0 bridgehead atoms. The van der Waals surface area contributed by atoms with Crippen molar-refractivity contribution in [2.45, 2.75) is 11.1 Å². The number of hydrogen-bond donors (Lipinski definition) is 2. The Morgan fingerprint density at radius 3 is 2.95 bits per heavy atom. The van der Waals surface area contributed by atoms with Crippen LogP contribution in [0.3, 0.4) is 0 Å². The third kappa shape index (κ3) is 3.20. The summed E-state index contributed by atoms with van der Waals surface area (Å²) in [5.41, 5.74) is 1.29. The maximum atomic E-state index is 12.1. The van der Waals surface area contributed by atoms with Crippen molar-refractivity contribution in [2.75, 3.05) is 12.8 Å². The van der Waals surface area contributed by atoms with E-state index < -0.39 is 6.10 Å². The number of hydrogen-bond acceptors (Lipinski definition) is 4. The van der Waals surface area contributed by atoms with E-state index in [1.165, 1.54) is 11.8 Å². The van der Waals surface area contributed by atoms with Gasteiger partial charge in [0.2, 0.25) is 0 Å². The number of rotatable bonds is 5. The zero-order valence-corrected chi connectivity index (χ0v) is 12.2. The SMILES string of the molecule is CSc1ncccc1C(=O)NC[C@@H](O)c1cccn1C. The number of carbonyl (C=O) groups is 1. The van der Waals surface area contributed by atoms with Crippen LogP contribution in [0.2, 0.25) is 0 Å². The molecule has 2 aromatic heterocycles. The minimum Gasteiger partial charge on any atom is -0.385 e. The van der Waals surface area contributed by atoms with Crippen LogP contribution in [0.5, 0.6) is 0 Å². The molecule has 0 unspecified atom stereocenters. The molecule has 106 valence electrons. The number of carbonyl (C=O) groups excluding carboxylic acids is 1. The van der Waals surface area contributed by atoms with Crippen molar-refractivity contribution in [2.24, 2.45) is 7.05 Å². The monoisotopic (exact) mass is 291 g/mol. The van der Waals surface area contributed by atoms with Gasteiger partial charge in [0.05, 0.1) is 5.56 Å². The minimum absolute atomic E-state index is 0.166. The molecule has 1 atom stereocenters. The van der Waals surface area contributed by atoms with Gasteiger partial charge in [0.25, 0.3) is 5.91 Å². The second-order valence-electron chi connectivity index (χ2n) is 4.33. The molecular weight excluding hydrogens is 274 g/mol. The lowest BCUT2D eigenvalue weighted by Gasteiger charge is -2.13. The zero-order chi connectivity index (χ0) is 14.5. The molecule has 1 amide bonds. The molecule has 2 heterocycles. The standard InChI is InChI=1S/C14H17N3O2S/c1-17-8-4-6-11(17)12(18)9-16-13(19)10-5-3-7-15-14(10)20-2/h3-8,12,18H,9H2,1-2H3,(H,16,19)/t12-/m1/s1. The van der Waals surface area contributed by atoms with E-state index in [4.69, 9.17) is 0 Å². The number of aliphatic hydroxyl groups excluding tert-OH is 1. The van der Waals surface area contributed by atoms with Crippen molar-refractivity contribution in [3.05, 3.63) is 47.9 Å². The first-order valence-corrected chi connectivity index (χ1v) is 7.42. The second-order valence-corrected chi connectivity index (χ2v) is 5.12. The lowest BCUT2D eigenvalue weighted by atomic mass is 10.2. The third-order valence-corrected chi connectivity index (χ3v) is 3.70. The summed E-state index contributed by atoms with van der Waals surface area (Å²) in [6.07, 6.45) is 4.65. The van der Waals surface area contributed by atoms with Gasteiger partial charge in [0.15, 0.2) is 0 Å². The van der Waals surface area contributed by atoms with Gasteiger partial charge in [0.1, 0.15) is 11.1 Å². The molecule has 0 aliphatic carbocycles. The third-order valence-electron chi connectivity index (χ3n) is 2.99. The fraction of sp³-hybridized carbons (Fsp3) is 0.286. The molecule has 0 fully saturated rings. The van der Waals surface area contributed by atoms with E-state index in [1.807, 2.05) is 36.2 Å². The van der Waals surface area contributed by atoms with Crippen molar-refractivity contribution >= 4 is 17.7 Å². The van der Waals surface area contributed by atoms with Crippen LogP contribution >= 0.6 is 11.8 Å². The predicted molar refractivity (Wildman–Crippen MR) is 78.7 cm³/mol. The van der Waals surface area contributed by atoms with Gasteiger partial charge in [-0.15, -0.1) is 11.8 Å². The summed E-state index contributed by atoms with van der Waals surface area (Å²) in [6, 6.07) is 7.13. The van der Waals surface area contributed by atoms with Crippen LogP contribution in [0.4, 0.5) is 0 Å². The molecule has 0 saturated heterocycles. The van der Waals surface area contributed by atoms with E-state index in [0.717, 1.165) is 5.69 Å². The zero-order valence-electron chi connectivity index (χ0n) is 11.4. The molecule has 20 heavy (non-hydrogen) atoms. The van der Waals surface area contributed by atoms with E-state index in [-0.39, 0.29) is 12.5 Å². The first-order valence-electron chi connectivity index (χ1n) is 6.20. The summed E-state index contributed by atoms with van der Waals surface area (Å²) >= 11 is 1.42. The molecule has 2 aromatic rings. The number of aliphatic hydroxyl groups is 1. The number of pyridine rings is 1. The van der Waals surface area contributed by atoms with E-state index >= 15 is 0 Å². The Labute approximate surface area is 122 Å². The normalized spacial score (nSPS) is 12.2. The maximum absolute atomic E-state index is 12.1. The highest BCUT2D eigenvalue weighted by Gasteiger charge is 2.15. The van der Waals surface area contributed by atoms with Crippen LogP contribution in [0.15, 0.2) is 41.7 Å². The molecule has 0 radical (unpaired) electrons. The van der Waals surface area contributed by atoms with E-state index in [2.05, 4.69) is 10.3 Å². The van der Waals surface area contributed by atoms with Crippen molar-refractivity contribution in [3.63, 3.8) is 0 Å². The Hall–Kier alpha value is -1.79. The topological polar surface area (TPSA) is 67.2 Å². The van der Waals surface area contributed by atoms with Gasteiger partial charge < -0.3 is 15.0 Å². The van der Waals surface area contributed by atoms with Crippen molar-refractivity contribution in [1.82, 2.24) is 14.9 Å². The number of aryl methyl sites for hydroxylation is 1. The molecular formula is C14H17N3O2S. The lowest BCUT2D eigenvalue weighted by molar-refractivity contribution is 0.0908. The van der Waals surface area contributed by atoms with Crippen LogP contribution in [0, 0.1) is 0 Å². The molecule has 0 spiro atoms. The van der Waals surface area contributed by atoms with Crippen molar-refractivity contribution in [1.29, 1.82) is 0 Å². The highest BCUT2D eigenvalue weighted by Crippen LogP contribution is 2.17. The summed E-state index contributed by atoms with van der Waals surface area (Å²) in [6.45, 7) is 0.166. The minimum atomic E-state index is -0.728. The van der Waals surface area contributed by atoms with Crippen LogP contribution in [-0.4, -0.2) is 33.4 Å². The Morgan fingerprint density at radius 2 is 2.30 bits per heavy atom. The van der Waals surface area contributed by atoms with E-state index in [0.29, 0.717) is 10.6 Å². The van der Waals surface area contributed by atoms with Gasteiger partial charge in [0, 0.05) is 31.7 Å². The van der Waals surface area contributed by atoms with E-state index in [9.17, 15) is 9.90 Å². The fourth-order valence-corrected chi connectivity index (χ4v) is 2.48. The number of nitrogens with zero attached hydrogens (tertiary/aromatic N) is 2. The number of amides is 1. The molecule has 5 nitrogen and oxygen atoms in total. The van der Waals surface area contributed by atoms with Crippen molar-refractivity contribution < 1.29 is 9.90 Å². The molecule has 0 aliphatic rings. The molecule has 0 aliphatic heterocycles. The summed E-state index contributed by atoms with van der Waals surface area (Å²) in [5.74, 6) is -0.226. The molecule has 0 saturated carbocycles. The Bertz CT molecular complexity index is 598. The van der Waals surface area contributed by atoms with Gasteiger partial charge in [-0.3, -0.25) is 4.79 Å². The number of aromatic nitrogens is 2. The van der Waals surface area contributed by atoms with Gasteiger partial charge >= 0.3 is 0 Å². The van der Waals surface area contributed by atoms with Gasteiger partial charge in [-0.2, -0.15) is 0 Å². The first-order chi connectivity index (χ1) is 9.63. The summed E-state index contributed by atoms with van der Waals surface area (Å²) < 4.78 is 1.83. The first kappa shape index (κ1) is 14.6. The highest BCUT2D eigenvalue weighted by atomic mass is 32.2. The largest absolute Gasteiger partial charge is 0.385 e. The molecule has 0 aromatic carbocycles. The molecule has 6 heteroatoms. The lowest BCUT2D eigenvalue weighted by Crippen LogP contribution is -2.29. The van der Waals surface area contributed by atoms with E-state index in [1.54, 1.807) is 18.3 Å². The van der Waals surface area contributed by atoms with Crippen LogP contribution in [0.1, 0.15) is 22.2 Å². The van der Waals surface area contributed by atoms with Crippen LogP contribution < -0.4 is 5.32 Å².